The Morgan fingerprint density at radius 2 is 1.48 bits per heavy atom. The molecule has 0 aromatic heterocycles. The Morgan fingerprint density at radius 1 is 0.903 bits per heavy atom. The van der Waals surface area contributed by atoms with Crippen LogP contribution in [0, 0.1) is 10.1 Å². The zero-order chi connectivity index (χ0) is 22.6. The molecular formula is C26H36N2O3. The highest BCUT2D eigenvalue weighted by molar-refractivity contribution is 5.90. The predicted molar refractivity (Wildman–Crippen MR) is 130 cm³/mol. The fourth-order valence-corrected chi connectivity index (χ4v) is 2.86. The minimum Gasteiger partial charge on any atom is -0.326 e. The van der Waals surface area contributed by atoms with Crippen molar-refractivity contribution < 1.29 is 9.72 Å². The second-order valence-electron chi connectivity index (χ2n) is 7.34. The number of allylic oxidation sites excluding steroid dienone is 8. The van der Waals surface area contributed by atoms with Crippen LogP contribution in [0.25, 0.3) is 0 Å². The standard InChI is InChI=1S/C26H36N2O3/c1-2-3-4-5-6-7-8-9-10-11-12-13-14-15-16-17-18-22-26(29)27-24-20-19-21-25(23-24)28(30)31/h6-7,9-10,12-13,15-16,19-21,23H,2-5,8,11,14,17-18,22H2,1H3,(H,27,29). The van der Waals surface area contributed by atoms with Crippen LogP contribution in [-0.4, -0.2) is 10.8 Å². The van der Waals surface area contributed by atoms with Gasteiger partial charge in [0.2, 0.25) is 5.91 Å². The van der Waals surface area contributed by atoms with Crippen LogP contribution in [0.15, 0.2) is 72.9 Å². The van der Waals surface area contributed by atoms with Crippen LogP contribution >= 0.6 is 0 Å². The largest absolute Gasteiger partial charge is 0.326 e. The van der Waals surface area contributed by atoms with Crippen LogP contribution in [0.2, 0.25) is 0 Å². The lowest BCUT2D eigenvalue weighted by Gasteiger charge is -2.04. The van der Waals surface area contributed by atoms with Gasteiger partial charge in [-0.15, -0.1) is 0 Å². The van der Waals surface area contributed by atoms with Gasteiger partial charge in [0.25, 0.3) is 5.69 Å². The van der Waals surface area contributed by atoms with Crippen molar-refractivity contribution in [2.24, 2.45) is 0 Å². The molecule has 5 nitrogen and oxygen atoms in total. The van der Waals surface area contributed by atoms with Gasteiger partial charge in [0.1, 0.15) is 0 Å². The van der Waals surface area contributed by atoms with Gasteiger partial charge >= 0.3 is 0 Å². The van der Waals surface area contributed by atoms with Crippen molar-refractivity contribution in [3.63, 3.8) is 0 Å². The third-order valence-electron chi connectivity index (χ3n) is 4.57. The Labute approximate surface area is 186 Å². The first kappa shape index (κ1) is 26.1. The molecule has 168 valence electrons. The molecule has 0 aliphatic heterocycles. The Morgan fingerprint density at radius 3 is 2.06 bits per heavy atom. The molecule has 0 aliphatic carbocycles. The van der Waals surface area contributed by atoms with Crippen molar-refractivity contribution in [3.05, 3.63) is 83.0 Å². The first-order valence-electron chi connectivity index (χ1n) is 11.3. The maximum atomic E-state index is 11.9. The number of hydrogen-bond acceptors (Lipinski definition) is 3. The SMILES string of the molecule is CCCCCC=CCC=CCC=CCC=CCCCC(=O)Nc1cccc([N+](=O)[O-])c1. The van der Waals surface area contributed by atoms with Crippen molar-refractivity contribution in [3.8, 4) is 0 Å². The maximum absolute atomic E-state index is 11.9. The summed E-state index contributed by atoms with van der Waals surface area (Å²) in [6.07, 6.45) is 27.3. The third-order valence-corrected chi connectivity index (χ3v) is 4.57. The van der Waals surface area contributed by atoms with Crippen LogP contribution in [-0.2, 0) is 4.79 Å². The van der Waals surface area contributed by atoms with Gasteiger partial charge in [0.15, 0.2) is 0 Å². The van der Waals surface area contributed by atoms with Crippen LogP contribution < -0.4 is 5.32 Å². The second-order valence-corrected chi connectivity index (χ2v) is 7.34. The number of benzene rings is 1. The van der Waals surface area contributed by atoms with E-state index in [-0.39, 0.29) is 11.6 Å². The number of unbranched alkanes of at least 4 members (excludes halogenated alkanes) is 4. The van der Waals surface area contributed by atoms with Crippen molar-refractivity contribution >= 4 is 17.3 Å². The second kappa shape index (κ2) is 17.9. The average Bonchev–Trinajstić information content (AvgIpc) is 2.76. The van der Waals surface area contributed by atoms with Crippen molar-refractivity contribution in [1.29, 1.82) is 0 Å². The van der Waals surface area contributed by atoms with E-state index in [0.717, 1.165) is 32.1 Å². The smallest absolute Gasteiger partial charge is 0.271 e. The van der Waals surface area contributed by atoms with E-state index in [1.165, 1.54) is 37.8 Å². The summed E-state index contributed by atoms with van der Waals surface area (Å²) < 4.78 is 0. The molecule has 0 radical (unpaired) electrons. The summed E-state index contributed by atoms with van der Waals surface area (Å²) in [5.41, 5.74) is 0.427. The van der Waals surface area contributed by atoms with E-state index < -0.39 is 4.92 Å². The van der Waals surface area contributed by atoms with Gasteiger partial charge in [-0.25, -0.2) is 0 Å². The predicted octanol–water partition coefficient (Wildman–Crippen LogP) is 7.68. The molecule has 0 aliphatic rings. The Kier molecular flexibility index (Phi) is 15.0. The van der Waals surface area contributed by atoms with Gasteiger partial charge in [-0.1, -0.05) is 74.4 Å². The van der Waals surface area contributed by atoms with E-state index in [4.69, 9.17) is 0 Å². The van der Waals surface area contributed by atoms with E-state index in [0.29, 0.717) is 12.1 Å². The van der Waals surface area contributed by atoms with Crippen LogP contribution in [0.1, 0.15) is 71.1 Å². The first-order valence-corrected chi connectivity index (χ1v) is 11.3. The zero-order valence-corrected chi connectivity index (χ0v) is 18.7. The molecule has 0 bridgehead atoms. The molecule has 1 aromatic carbocycles. The van der Waals surface area contributed by atoms with Crippen LogP contribution in [0.3, 0.4) is 0 Å². The van der Waals surface area contributed by atoms with E-state index in [2.05, 4.69) is 60.8 Å². The lowest BCUT2D eigenvalue weighted by atomic mass is 10.2. The number of carbonyl (C=O) groups is 1. The molecule has 0 fully saturated rings. The summed E-state index contributed by atoms with van der Waals surface area (Å²) >= 11 is 0. The molecular weight excluding hydrogens is 388 g/mol. The highest BCUT2D eigenvalue weighted by Gasteiger charge is 2.07. The number of nitro groups is 1. The molecule has 5 heteroatoms. The number of amides is 1. The Balaban J connectivity index is 2.05. The highest BCUT2D eigenvalue weighted by Crippen LogP contribution is 2.17. The van der Waals surface area contributed by atoms with Crippen molar-refractivity contribution in [1.82, 2.24) is 0 Å². The van der Waals surface area contributed by atoms with Gasteiger partial charge < -0.3 is 5.32 Å². The number of nitro benzene ring substituents is 1. The molecule has 0 heterocycles. The minimum atomic E-state index is -0.473. The average molecular weight is 425 g/mol. The van der Waals surface area contributed by atoms with Crippen molar-refractivity contribution in [2.45, 2.75) is 71.1 Å². The summed E-state index contributed by atoms with van der Waals surface area (Å²) in [5.74, 6) is -0.128. The number of nitrogens with one attached hydrogen (secondary N) is 1. The van der Waals surface area contributed by atoms with Crippen molar-refractivity contribution in [2.75, 3.05) is 5.32 Å². The van der Waals surface area contributed by atoms with Crippen LogP contribution in [0.4, 0.5) is 11.4 Å². The topological polar surface area (TPSA) is 72.2 Å². The molecule has 0 atom stereocenters. The third kappa shape index (κ3) is 14.6. The lowest BCUT2D eigenvalue weighted by molar-refractivity contribution is -0.384. The quantitative estimate of drug-likeness (QED) is 0.128. The molecule has 1 rings (SSSR count). The number of carbonyl (C=O) groups excluding carboxylic acids is 1. The molecule has 31 heavy (non-hydrogen) atoms. The summed E-state index contributed by atoms with van der Waals surface area (Å²) in [5, 5.41) is 13.5. The molecule has 1 amide bonds. The number of non-ortho nitro benzene ring substituents is 1. The molecule has 0 saturated carbocycles. The van der Waals surface area contributed by atoms with Gasteiger partial charge in [0, 0.05) is 24.2 Å². The van der Waals surface area contributed by atoms with Crippen LogP contribution in [0.5, 0.6) is 0 Å². The van der Waals surface area contributed by atoms with Gasteiger partial charge in [-0.3, -0.25) is 14.9 Å². The monoisotopic (exact) mass is 424 g/mol. The molecule has 0 saturated heterocycles. The number of rotatable bonds is 16. The minimum absolute atomic E-state index is 0.0288. The van der Waals surface area contributed by atoms with E-state index >= 15 is 0 Å². The Hall–Kier alpha value is -2.95. The van der Waals surface area contributed by atoms with E-state index in [1.54, 1.807) is 12.1 Å². The number of nitrogens with zero attached hydrogens (tertiary/aromatic N) is 1. The zero-order valence-electron chi connectivity index (χ0n) is 18.7. The lowest BCUT2D eigenvalue weighted by Crippen LogP contribution is -2.11. The first-order chi connectivity index (χ1) is 15.1. The van der Waals surface area contributed by atoms with Gasteiger partial charge in [-0.2, -0.15) is 0 Å². The van der Waals surface area contributed by atoms with E-state index in [1.807, 2.05) is 0 Å². The fourth-order valence-electron chi connectivity index (χ4n) is 2.86. The molecule has 1 N–H and O–H groups in total. The highest BCUT2D eigenvalue weighted by atomic mass is 16.6. The molecule has 0 unspecified atom stereocenters. The van der Waals surface area contributed by atoms with Gasteiger partial charge in [-0.05, 0) is 51.0 Å². The Bertz CT molecular complexity index is 764. The summed E-state index contributed by atoms with van der Waals surface area (Å²) in [6.45, 7) is 2.23. The normalized spacial score (nSPS) is 11.9. The summed E-state index contributed by atoms with van der Waals surface area (Å²) in [6, 6.07) is 5.98. The summed E-state index contributed by atoms with van der Waals surface area (Å²) in [4.78, 5) is 22.2. The summed E-state index contributed by atoms with van der Waals surface area (Å²) in [7, 11) is 0. The van der Waals surface area contributed by atoms with E-state index in [9.17, 15) is 14.9 Å². The maximum Gasteiger partial charge on any atom is 0.271 e. The number of anilines is 1. The fraction of sp³-hybridized carbons (Fsp3) is 0.423. The molecule has 1 aromatic rings. The molecule has 0 spiro atoms. The number of hydrogen-bond donors (Lipinski definition) is 1. The van der Waals surface area contributed by atoms with Gasteiger partial charge in [0.05, 0.1) is 4.92 Å².